The second-order valence-electron chi connectivity index (χ2n) is 7.63. The molecule has 0 unspecified atom stereocenters. The second-order valence-corrected chi connectivity index (χ2v) is 7.63. The molecular formula is C21H32N4O2. The van der Waals surface area contributed by atoms with Gasteiger partial charge >= 0.3 is 6.03 Å². The number of hydrogen-bond donors (Lipinski definition) is 1. The Morgan fingerprint density at radius 2 is 1.63 bits per heavy atom. The van der Waals surface area contributed by atoms with Gasteiger partial charge in [0, 0.05) is 45.2 Å². The van der Waals surface area contributed by atoms with E-state index in [1.807, 2.05) is 32.9 Å². The Morgan fingerprint density at radius 1 is 1.00 bits per heavy atom. The van der Waals surface area contributed by atoms with Crippen LogP contribution < -0.4 is 5.73 Å². The highest BCUT2D eigenvalue weighted by atomic mass is 16.2. The molecule has 0 radical (unpaired) electrons. The second kappa shape index (κ2) is 9.74. The Bertz CT molecular complexity index is 608. The molecule has 0 spiro atoms. The highest BCUT2D eigenvalue weighted by molar-refractivity contribution is 5.80. The number of carbonyl (C=O) groups is 2. The summed E-state index contributed by atoms with van der Waals surface area (Å²) in [7, 11) is 0. The molecule has 0 aliphatic carbocycles. The molecule has 1 aromatic rings. The molecule has 3 amide bonds. The zero-order valence-corrected chi connectivity index (χ0v) is 16.2. The molecular weight excluding hydrogens is 340 g/mol. The van der Waals surface area contributed by atoms with Gasteiger partial charge in [-0.05, 0) is 44.2 Å². The number of carbonyl (C=O) groups excluding carboxylic acids is 2. The van der Waals surface area contributed by atoms with E-state index in [2.05, 4.69) is 12.1 Å². The lowest BCUT2D eigenvalue weighted by molar-refractivity contribution is -0.137. The van der Waals surface area contributed by atoms with Gasteiger partial charge in [-0.1, -0.05) is 30.3 Å². The third kappa shape index (κ3) is 5.22. The first-order valence-electron chi connectivity index (χ1n) is 10.3. The minimum atomic E-state index is 0.00844. The summed E-state index contributed by atoms with van der Waals surface area (Å²) in [5.41, 5.74) is 6.82. The van der Waals surface area contributed by atoms with Crippen LogP contribution in [0.4, 0.5) is 4.79 Å². The lowest BCUT2D eigenvalue weighted by Gasteiger charge is -2.36. The number of nitrogens with two attached hydrogens (primary N) is 1. The number of piperidine rings is 1. The van der Waals surface area contributed by atoms with E-state index in [4.69, 9.17) is 5.73 Å². The summed E-state index contributed by atoms with van der Waals surface area (Å²) in [6.07, 6.45) is 4.54. The van der Waals surface area contributed by atoms with Crippen LogP contribution >= 0.6 is 0 Å². The summed E-state index contributed by atoms with van der Waals surface area (Å²) in [4.78, 5) is 31.5. The summed E-state index contributed by atoms with van der Waals surface area (Å²) in [6.45, 7) is 5.03. The Balaban J connectivity index is 1.55. The van der Waals surface area contributed by atoms with Gasteiger partial charge < -0.3 is 20.4 Å². The summed E-state index contributed by atoms with van der Waals surface area (Å²) >= 11 is 0. The van der Waals surface area contributed by atoms with E-state index in [-0.39, 0.29) is 17.9 Å². The number of nitrogens with zero attached hydrogens (tertiary/aromatic N) is 3. The number of amides is 3. The first-order chi connectivity index (χ1) is 13.2. The van der Waals surface area contributed by atoms with E-state index in [9.17, 15) is 9.59 Å². The third-order valence-corrected chi connectivity index (χ3v) is 5.65. The molecule has 2 aliphatic rings. The van der Waals surface area contributed by atoms with Crippen molar-refractivity contribution < 1.29 is 9.59 Å². The van der Waals surface area contributed by atoms with Gasteiger partial charge in [0.1, 0.15) is 0 Å². The highest BCUT2D eigenvalue weighted by Crippen LogP contribution is 2.23. The van der Waals surface area contributed by atoms with Crippen LogP contribution in [0.5, 0.6) is 0 Å². The monoisotopic (exact) mass is 372 g/mol. The first kappa shape index (κ1) is 19.7. The van der Waals surface area contributed by atoms with Crippen LogP contribution in [-0.2, 0) is 11.3 Å². The number of likely N-dealkylation sites (tertiary alicyclic amines) is 2. The topological polar surface area (TPSA) is 69.9 Å². The van der Waals surface area contributed by atoms with Crippen molar-refractivity contribution in [2.45, 2.75) is 38.6 Å². The van der Waals surface area contributed by atoms with Crippen molar-refractivity contribution in [1.82, 2.24) is 14.7 Å². The van der Waals surface area contributed by atoms with Crippen molar-refractivity contribution >= 4 is 11.9 Å². The maximum absolute atomic E-state index is 13.1. The molecule has 2 saturated heterocycles. The van der Waals surface area contributed by atoms with Crippen molar-refractivity contribution in [2.24, 2.45) is 11.7 Å². The first-order valence-corrected chi connectivity index (χ1v) is 10.3. The van der Waals surface area contributed by atoms with Crippen LogP contribution in [-0.4, -0.2) is 65.9 Å². The van der Waals surface area contributed by atoms with Crippen molar-refractivity contribution in [3.63, 3.8) is 0 Å². The van der Waals surface area contributed by atoms with E-state index in [0.29, 0.717) is 32.7 Å². The SMILES string of the molecule is NCCCN(Cc1ccccc1)C(=O)C1CCN(C(=O)N2CCCC2)CC1. The van der Waals surface area contributed by atoms with E-state index >= 15 is 0 Å². The molecule has 0 aromatic heterocycles. The average molecular weight is 373 g/mol. The van der Waals surface area contributed by atoms with Gasteiger partial charge in [0.05, 0.1) is 0 Å². The average Bonchev–Trinajstić information content (AvgIpc) is 3.26. The van der Waals surface area contributed by atoms with Crippen molar-refractivity contribution in [3.05, 3.63) is 35.9 Å². The molecule has 2 heterocycles. The lowest BCUT2D eigenvalue weighted by Crippen LogP contribution is -2.48. The van der Waals surface area contributed by atoms with Gasteiger partial charge in [-0.2, -0.15) is 0 Å². The minimum absolute atomic E-state index is 0.00844. The Morgan fingerprint density at radius 3 is 2.26 bits per heavy atom. The molecule has 27 heavy (non-hydrogen) atoms. The molecule has 0 saturated carbocycles. The van der Waals surface area contributed by atoms with E-state index in [1.54, 1.807) is 0 Å². The van der Waals surface area contributed by atoms with Gasteiger partial charge in [-0.25, -0.2) is 4.79 Å². The normalized spacial score (nSPS) is 18.0. The summed E-state index contributed by atoms with van der Waals surface area (Å²) in [5, 5.41) is 0. The van der Waals surface area contributed by atoms with Crippen LogP contribution in [0.1, 0.15) is 37.7 Å². The fourth-order valence-corrected chi connectivity index (χ4v) is 4.04. The fourth-order valence-electron chi connectivity index (χ4n) is 4.04. The van der Waals surface area contributed by atoms with Crippen LogP contribution in [0.25, 0.3) is 0 Å². The quantitative estimate of drug-likeness (QED) is 0.833. The van der Waals surface area contributed by atoms with Gasteiger partial charge in [-0.3, -0.25) is 4.79 Å². The number of benzene rings is 1. The Kier molecular flexibility index (Phi) is 7.10. The van der Waals surface area contributed by atoms with Crippen LogP contribution in [0.2, 0.25) is 0 Å². The molecule has 148 valence electrons. The largest absolute Gasteiger partial charge is 0.338 e. The molecule has 6 heteroatoms. The van der Waals surface area contributed by atoms with Crippen molar-refractivity contribution in [3.8, 4) is 0 Å². The Hall–Kier alpha value is -2.08. The van der Waals surface area contributed by atoms with Crippen LogP contribution in [0.3, 0.4) is 0 Å². The lowest BCUT2D eigenvalue weighted by atomic mass is 9.95. The summed E-state index contributed by atoms with van der Waals surface area (Å²) in [5.74, 6) is 0.217. The molecule has 0 atom stereocenters. The van der Waals surface area contributed by atoms with Gasteiger partial charge in [0.15, 0.2) is 0 Å². The van der Waals surface area contributed by atoms with Crippen molar-refractivity contribution in [2.75, 3.05) is 39.3 Å². The highest BCUT2D eigenvalue weighted by Gasteiger charge is 2.32. The third-order valence-electron chi connectivity index (χ3n) is 5.65. The molecule has 1 aromatic carbocycles. The summed E-state index contributed by atoms with van der Waals surface area (Å²) in [6, 6.07) is 10.3. The molecule has 0 bridgehead atoms. The minimum Gasteiger partial charge on any atom is -0.338 e. The van der Waals surface area contributed by atoms with Gasteiger partial charge in [-0.15, -0.1) is 0 Å². The van der Waals surface area contributed by atoms with Crippen LogP contribution in [0.15, 0.2) is 30.3 Å². The van der Waals surface area contributed by atoms with Gasteiger partial charge in [0.2, 0.25) is 5.91 Å². The molecule has 2 N–H and O–H groups in total. The van der Waals surface area contributed by atoms with E-state index in [1.165, 1.54) is 0 Å². The summed E-state index contributed by atoms with van der Waals surface area (Å²) < 4.78 is 0. The number of rotatable bonds is 6. The zero-order valence-electron chi connectivity index (χ0n) is 16.2. The van der Waals surface area contributed by atoms with Crippen molar-refractivity contribution in [1.29, 1.82) is 0 Å². The maximum Gasteiger partial charge on any atom is 0.319 e. The smallest absolute Gasteiger partial charge is 0.319 e. The predicted molar refractivity (Wildman–Crippen MR) is 106 cm³/mol. The molecule has 2 fully saturated rings. The zero-order chi connectivity index (χ0) is 19.1. The maximum atomic E-state index is 13.1. The molecule has 2 aliphatic heterocycles. The molecule has 6 nitrogen and oxygen atoms in total. The predicted octanol–water partition coefficient (Wildman–Crippen LogP) is 2.29. The molecule has 3 rings (SSSR count). The standard InChI is InChI=1S/C21H32N4O2/c22-11-6-14-25(17-18-7-2-1-3-8-18)20(26)19-9-15-24(16-10-19)21(27)23-12-4-5-13-23/h1-3,7-8,19H,4-6,9-17,22H2. The van der Waals surface area contributed by atoms with Gasteiger partial charge in [0.25, 0.3) is 0 Å². The Labute approximate surface area is 162 Å². The van der Waals surface area contributed by atoms with Crippen LogP contribution in [0, 0.1) is 5.92 Å². The van der Waals surface area contributed by atoms with E-state index in [0.717, 1.165) is 50.8 Å². The number of hydrogen-bond acceptors (Lipinski definition) is 3. The van der Waals surface area contributed by atoms with E-state index < -0.39 is 0 Å². The number of urea groups is 1. The fraction of sp³-hybridized carbons (Fsp3) is 0.619.